The van der Waals surface area contributed by atoms with Gasteiger partial charge in [-0.25, -0.2) is 4.39 Å². The van der Waals surface area contributed by atoms with E-state index in [2.05, 4.69) is 23.9 Å². The Morgan fingerprint density at radius 1 is 1.32 bits per heavy atom. The van der Waals surface area contributed by atoms with Crippen LogP contribution < -0.4 is 5.73 Å². The van der Waals surface area contributed by atoms with Crippen molar-refractivity contribution in [3.05, 3.63) is 29.6 Å². The molecule has 1 fully saturated rings. The van der Waals surface area contributed by atoms with Crippen molar-refractivity contribution >= 4 is 5.69 Å². The van der Waals surface area contributed by atoms with E-state index >= 15 is 0 Å². The lowest BCUT2D eigenvalue weighted by atomic mass is 9.96. The minimum absolute atomic E-state index is 0.185. The lowest BCUT2D eigenvalue weighted by molar-refractivity contribution is 0.156. The molecule has 2 rings (SSSR count). The maximum absolute atomic E-state index is 13.7. The van der Waals surface area contributed by atoms with Crippen molar-refractivity contribution in [3.63, 3.8) is 0 Å². The third-order valence-corrected chi connectivity index (χ3v) is 3.87. The third kappa shape index (κ3) is 3.91. The second kappa shape index (κ2) is 6.35. The summed E-state index contributed by atoms with van der Waals surface area (Å²) in [4.78, 5) is 4.55. The molecule has 0 spiro atoms. The van der Waals surface area contributed by atoms with Gasteiger partial charge in [-0.2, -0.15) is 0 Å². The summed E-state index contributed by atoms with van der Waals surface area (Å²) in [6.45, 7) is 3.85. The zero-order valence-electron chi connectivity index (χ0n) is 11.9. The molecule has 0 bridgehead atoms. The van der Waals surface area contributed by atoms with Crippen LogP contribution in [0.1, 0.15) is 18.4 Å². The van der Waals surface area contributed by atoms with Crippen molar-refractivity contribution in [1.29, 1.82) is 0 Å². The van der Waals surface area contributed by atoms with Gasteiger partial charge in [0.2, 0.25) is 0 Å². The van der Waals surface area contributed by atoms with E-state index in [9.17, 15) is 4.39 Å². The minimum atomic E-state index is -0.185. The Labute approximate surface area is 115 Å². The van der Waals surface area contributed by atoms with Gasteiger partial charge in [0.25, 0.3) is 0 Å². The van der Waals surface area contributed by atoms with Crippen LogP contribution in [0.3, 0.4) is 0 Å². The molecule has 0 aromatic heterocycles. The van der Waals surface area contributed by atoms with Crippen molar-refractivity contribution in [2.75, 3.05) is 39.5 Å². The zero-order chi connectivity index (χ0) is 13.8. The quantitative estimate of drug-likeness (QED) is 0.847. The first-order valence-corrected chi connectivity index (χ1v) is 6.96. The third-order valence-electron chi connectivity index (χ3n) is 3.87. The Morgan fingerprint density at radius 3 is 2.58 bits per heavy atom. The molecule has 0 saturated carbocycles. The molecule has 0 unspecified atom stereocenters. The average Bonchev–Trinajstić information content (AvgIpc) is 2.35. The predicted molar refractivity (Wildman–Crippen MR) is 77.4 cm³/mol. The van der Waals surface area contributed by atoms with Crippen LogP contribution in [0, 0.1) is 11.7 Å². The van der Waals surface area contributed by atoms with Gasteiger partial charge in [-0.3, -0.25) is 4.90 Å². The number of likely N-dealkylation sites (tertiary alicyclic amines) is 1. The highest BCUT2D eigenvalue weighted by Gasteiger charge is 2.21. The number of nitrogen functional groups attached to an aromatic ring is 1. The van der Waals surface area contributed by atoms with Gasteiger partial charge in [-0.1, -0.05) is 6.07 Å². The molecule has 0 radical (unpaired) electrons. The fraction of sp³-hybridized carbons (Fsp3) is 0.600. The van der Waals surface area contributed by atoms with Crippen molar-refractivity contribution in [1.82, 2.24) is 9.80 Å². The molecule has 1 aromatic rings. The Balaban J connectivity index is 1.89. The molecular formula is C15H24FN3. The second-order valence-corrected chi connectivity index (χ2v) is 5.79. The van der Waals surface area contributed by atoms with E-state index < -0.39 is 0 Å². The molecule has 1 aliphatic rings. The van der Waals surface area contributed by atoms with Crippen molar-refractivity contribution < 1.29 is 4.39 Å². The number of nitrogens with two attached hydrogens (primary N) is 1. The number of halogens is 1. The van der Waals surface area contributed by atoms with Gasteiger partial charge in [0.05, 0.1) is 0 Å². The fourth-order valence-corrected chi connectivity index (χ4v) is 2.81. The molecule has 106 valence electrons. The number of benzene rings is 1. The molecule has 3 nitrogen and oxygen atoms in total. The van der Waals surface area contributed by atoms with Gasteiger partial charge in [0.15, 0.2) is 0 Å². The number of anilines is 1. The van der Waals surface area contributed by atoms with E-state index in [-0.39, 0.29) is 5.82 Å². The van der Waals surface area contributed by atoms with Crippen LogP contribution in [-0.4, -0.2) is 43.5 Å². The number of nitrogens with zero attached hydrogens (tertiary/aromatic N) is 2. The summed E-state index contributed by atoms with van der Waals surface area (Å²) < 4.78 is 13.7. The minimum Gasteiger partial charge on any atom is -0.398 e. The van der Waals surface area contributed by atoms with Gasteiger partial charge in [-0.15, -0.1) is 0 Å². The van der Waals surface area contributed by atoms with Gasteiger partial charge in [0, 0.05) is 24.3 Å². The van der Waals surface area contributed by atoms with Crippen LogP contribution in [0.2, 0.25) is 0 Å². The standard InChI is InChI=1S/C15H24FN3/c1-18(2)10-12-6-8-19(9-7-12)11-13-14(16)4-3-5-15(13)17/h3-5,12H,6-11,17H2,1-2H3. The van der Waals surface area contributed by atoms with Crippen LogP contribution in [0.5, 0.6) is 0 Å². The van der Waals surface area contributed by atoms with Crippen LogP contribution >= 0.6 is 0 Å². The lowest BCUT2D eigenvalue weighted by Gasteiger charge is -2.33. The van der Waals surface area contributed by atoms with E-state index in [1.54, 1.807) is 12.1 Å². The lowest BCUT2D eigenvalue weighted by Crippen LogP contribution is -2.37. The average molecular weight is 265 g/mol. The molecule has 2 N–H and O–H groups in total. The number of rotatable bonds is 4. The highest BCUT2D eigenvalue weighted by molar-refractivity contribution is 5.47. The molecular weight excluding hydrogens is 241 g/mol. The van der Waals surface area contributed by atoms with Crippen LogP contribution in [0.15, 0.2) is 18.2 Å². The van der Waals surface area contributed by atoms with E-state index in [0.29, 0.717) is 17.8 Å². The van der Waals surface area contributed by atoms with Crippen molar-refractivity contribution in [3.8, 4) is 0 Å². The van der Waals surface area contributed by atoms with Gasteiger partial charge in [-0.05, 0) is 58.1 Å². The first-order valence-electron chi connectivity index (χ1n) is 6.96. The van der Waals surface area contributed by atoms with E-state index in [4.69, 9.17) is 5.73 Å². The Bertz CT molecular complexity index is 392. The largest absolute Gasteiger partial charge is 0.398 e. The van der Waals surface area contributed by atoms with E-state index in [1.807, 2.05) is 0 Å². The Morgan fingerprint density at radius 2 is 2.00 bits per heavy atom. The molecule has 1 heterocycles. The number of hydrogen-bond donors (Lipinski definition) is 1. The summed E-state index contributed by atoms with van der Waals surface area (Å²) in [7, 11) is 4.23. The van der Waals surface area contributed by atoms with E-state index in [1.165, 1.54) is 18.9 Å². The Hall–Kier alpha value is -1.13. The molecule has 0 atom stereocenters. The molecule has 1 aromatic carbocycles. The maximum Gasteiger partial charge on any atom is 0.129 e. The van der Waals surface area contributed by atoms with Crippen LogP contribution in [-0.2, 0) is 6.54 Å². The summed E-state index contributed by atoms with van der Waals surface area (Å²) in [6, 6.07) is 4.93. The first kappa shape index (κ1) is 14.3. The molecule has 0 amide bonds. The monoisotopic (exact) mass is 265 g/mol. The smallest absolute Gasteiger partial charge is 0.129 e. The fourth-order valence-electron chi connectivity index (χ4n) is 2.81. The van der Waals surface area contributed by atoms with Crippen LogP contribution in [0.25, 0.3) is 0 Å². The number of piperidine rings is 1. The Kier molecular flexibility index (Phi) is 4.77. The summed E-state index contributed by atoms with van der Waals surface area (Å²) in [6.07, 6.45) is 2.37. The first-order chi connectivity index (χ1) is 9.06. The van der Waals surface area contributed by atoms with Crippen molar-refractivity contribution in [2.45, 2.75) is 19.4 Å². The summed E-state index contributed by atoms with van der Waals surface area (Å²) >= 11 is 0. The summed E-state index contributed by atoms with van der Waals surface area (Å²) in [5.74, 6) is 0.583. The maximum atomic E-state index is 13.7. The molecule has 1 aliphatic heterocycles. The molecule has 0 aliphatic carbocycles. The number of hydrogen-bond acceptors (Lipinski definition) is 3. The summed E-state index contributed by atoms with van der Waals surface area (Å²) in [5.41, 5.74) is 7.07. The van der Waals surface area contributed by atoms with Crippen molar-refractivity contribution in [2.24, 2.45) is 5.92 Å². The van der Waals surface area contributed by atoms with Gasteiger partial charge >= 0.3 is 0 Å². The predicted octanol–water partition coefficient (Wildman–Crippen LogP) is 2.18. The molecule has 1 saturated heterocycles. The highest BCUT2D eigenvalue weighted by Crippen LogP contribution is 2.23. The molecule has 4 heteroatoms. The normalized spacial score (nSPS) is 18.1. The van der Waals surface area contributed by atoms with Gasteiger partial charge < -0.3 is 10.6 Å². The topological polar surface area (TPSA) is 32.5 Å². The second-order valence-electron chi connectivity index (χ2n) is 5.79. The zero-order valence-corrected chi connectivity index (χ0v) is 11.9. The summed E-state index contributed by atoms with van der Waals surface area (Å²) in [5, 5.41) is 0. The van der Waals surface area contributed by atoms with Crippen LogP contribution in [0.4, 0.5) is 10.1 Å². The van der Waals surface area contributed by atoms with E-state index in [0.717, 1.165) is 25.6 Å². The van der Waals surface area contributed by atoms with Gasteiger partial charge in [0.1, 0.15) is 5.82 Å². The molecule has 19 heavy (non-hydrogen) atoms. The SMILES string of the molecule is CN(C)CC1CCN(Cc2c(N)cccc2F)CC1. The highest BCUT2D eigenvalue weighted by atomic mass is 19.1.